The van der Waals surface area contributed by atoms with E-state index >= 15 is 0 Å². The number of halogens is 1. The van der Waals surface area contributed by atoms with E-state index in [1.165, 1.54) is 5.48 Å². The van der Waals surface area contributed by atoms with Gasteiger partial charge in [-0.1, -0.05) is 17.7 Å². The van der Waals surface area contributed by atoms with Gasteiger partial charge in [0.25, 0.3) is 5.91 Å². The zero-order valence-corrected chi connectivity index (χ0v) is 7.41. The Bertz CT molecular complexity index is 303. The van der Waals surface area contributed by atoms with E-state index in [0.29, 0.717) is 10.8 Å². The number of amides is 1. The minimum Gasteiger partial charge on any atom is -0.484 e. The number of rotatable bonds is 3. The van der Waals surface area contributed by atoms with Gasteiger partial charge in [0.1, 0.15) is 5.75 Å². The monoisotopic (exact) mass is 201 g/mol. The zero-order valence-electron chi connectivity index (χ0n) is 6.66. The summed E-state index contributed by atoms with van der Waals surface area (Å²) in [4.78, 5) is 10.6. The number of ether oxygens (including phenoxy) is 1. The smallest absolute Gasteiger partial charge is 0.281 e. The van der Waals surface area contributed by atoms with Crippen molar-refractivity contribution >= 4 is 17.5 Å². The first-order chi connectivity index (χ1) is 6.22. The molecule has 0 fully saturated rings. The average molecular weight is 202 g/mol. The van der Waals surface area contributed by atoms with Gasteiger partial charge in [-0.05, 0) is 18.2 Å². The minimum atomic E-state index is -0.611. The molecule has 0 spiro atoms. The summed E-state index contributed by atoms with van der Waals surface area (Å²) in [5, 5.41) is 8.69. The topological polar surface area (TPSA) is 58.6 Å². The number of benzene rings is 1. The molecule has 1 rings (SSSR count). The summed E-state index contributed by atoms with van der Waals surface area (Å²) < 4.78 is 4.98. The lowest BCUT2D eigenvalue weighted by molar-refractivity contribution is -0.131. The zero-order chi connectivity index (χ0) is 9.68. The number of carbonyl (C=O) groups excluding carboxylic acids is 1. The summed E-state index contributed by atoms with van der Waals surface area (Å²) in [5.74, 6) is -0.129. The van der Waals surface area contributed by atoms with Gasteiger partial charge in [-0.25, -0.2) is 5.48 Å². The Morgan fingerprint density at radius 2 is 2.38 bits per heavy atom. The van der Waals surface area contributed by atoms with E-state index in [1.54, 1.807) is 24.3 Å². The predicted molar refractivity (Wildman–Crippen MR) is 46.9 cm³/mol. The molecule has 5 heteroatoms. The van der Waals surface area contributed by atoms with Crippen LogP contribution in [0.3, 0.4) is 0 Å². The van der Waals surface area contributed by atoms with Crippen LogP contribution < -0.4 is 10.2 Å². The van der Waals surface area contributed by atoms with Crippen LogP contribution in [-0.2, 0) is 4.79 Å². The summed E-state index contributed by atoms with van der Waals surface area (Å²) in [6.07, 6.45) is 0. The molecule has 13 heavy (non-hydrogen) atoms. The Balaban J connectivity index is 2.50. The lowest BCUT2D eigenvalue weighted by atomic mass is 10.3. The van der Waals surface area contributed by atoms with Gasteiger partial charge in [0.05, 0.1) is 0 Å². The first-order valence-corrected chi connectivity index (χ1v) is 3.91. The predicted octanol–water partition coefficient (Wildman–Crippen LogP) is 1.22. The molecule has 4 nitrogen and oxygen atoms in total. The van der Waals surface area contributed by atoms with Crippen molar-refractivity contribution in [3.05, 3.63) is 29.3 Å². The molecular formula is C8H8ClNO3. The normalized spacial score (nSPS) is 9.38. The maximum atomic E-state index is 10.6. The number of hydrogen-bond donors (Lipinski definition) is 2. The molecule has 0 saturated heterocycles. The first kappa shape index (κ1) is 9.83. The van der Waals surface area contributed by atoms with Crippen LogP contribution >= 0.6 is 11.6 Å². The van der Waals surface area contributed by atoms with Crippen molar-refractivity contribution in [2.75, 3.05) is 6.61 Å². The van der Waals surface area contributed by atoms with Crippen LogP contribution in [0.4, 0.5) is 0 Å². The lowest BCUT2D eigenvalue weighted by Gasteiger charge is -2.03. The van der Waals surface area contributed by atoms with Crippen LogP contribution in [0.15, 0.2) is 24.3 Å². The van der Waals surface area contributed by atoms with Gasteiger partial charge in [-0.3, -0.25) is 10.0 Å². The quantitative estimate of drug-likeness (QED) is 0.571. The third-order valence-corrected chi connectivity index (χ3v) is 1.53. The van der Waals surface area contributed by atoms with Crippen molar-refractivity contribution in [1.29, 1.82) is 0 Å². The highest BCUT2D eigenvalue weighted by Gasteiger charge is 2.00. The van der Waals surface area contributed by atoms with Gasteiger partial charge < -0.3 is 4.74 Å². The van der Waals surface area contributed by atoms with Gasteiger partial charge in [0.15, 0.2) is 6.61 Å². The maximum absolute atomic E-state index is 10.6. The van der Waals surface area contributed by atoms with Crippen molar-refractivity contribution in [2.45, 2.75) is 0 Å². The third-order valence-electron chi connectivity index (χ3n) is 1.29. The van der Waals surface area contributed by atoms with Gasteiger partial charge in [0.2, 0.25) is 0 Å². The Morgan fingerprint density at radius 1 is 1.62 bits per heavy atom. The van der Waals surface area contributed by atoms with Crippen LogP contribution in [0.5, 0.6) is 5.75 Å². The summed E-state index contributed by atoms with van der Waals surface area (Å²) in [7, 11) is 0. The summed E-state index contributed by atoms with van der Waals surface area (Å²) in [5.41, 5.74) is 1.45. The molecule has 0 heterocycles. The molecule has 0 unspecified atom stereocenters. The van der Waals surface area contributed by atoms with E-state index in [4.69, 9.17) is 21.5 Å². The molecule has 0 radical (unpaired) electrons. The maximum Gasteiger partial charge on any atom is 0.281 e. The summed E-state index contributed by atoms with van der Waals surface area (Å²) in [6, 6.07) is 6.64. The fourth-order valence-corrected chi connectivity index (χ4v) is 0.918. The van der Waals surface area contributed by atoms with Crippen LogP contribution in [0.1, 0.15) is 0 Å². The Labute approximate surface area is 80.0 Å². The highest BCUT2D eigenvalue weighted by molar-refractivity contribution is 6.30. The highest BCUT2D eigenvalue weighted by Crippen LogP contribution is 2.16. The van der Waals surface area contributed by atoms with E-state index < -0.39 is 5.91 Å². The van der Waals surface area contributed by atoms with E-state index in [0.717, 1.165) is 0 Å². The van der Waals surface area contributed by atoms with Gasteiger partial charge in [-0.2, -0.15) is 0 Å². The Hall–Kier alpha value is -1.26. The van der Waals surface area contributed by atoms with E-state index in [9.17, 15) is 4.79 Å². The molecule has 70 valence electrons. The van der Waals surface area contributed by atoms with Crippen LogP contribution in [-0.4, -0.2) is 17.7 Å². The molecule has 0 aliphatic carbocycles. The fourth-order valence-electron chi connectivity index (χ4n) is 0.738. The average Bonchev–Trinajstić information content (AvgIpc) is 2.14. The molecule has 0 aliphatic rings. The molecule has 0 aliphatic heterocycles. The van der Waals surface area contributed by atoms with Crippen LogP contribution in [0.25, 0.3) is 0 Å². The lowest BCUT2D eigenvalue weighted by Crippen LogP contribution is -2.25. The highest BCUT2D eigenvalue weighted by atomic mass is 35.5. The largest absolute Gasteiger partial charge is 0.484 e. The molecule has 0 atom stereocenters. The second kappa shape index (κ2) is 4.69. The second-order valence-corrected chi connectivity index (χ2v) is 2.72. The molecule has 0 bridgehead atoms. The SMILES string of the molecule is O=C(COc1cccc(Cl)c1)NO. The number of carbonyl (C=O) groups is 1. The van der Waals surface area contributed by atoms with Crippen molar-refractivity contribution in [2.24, 2.45) is 0 Å². The van der Waals surface area contributed by atoms with E-state index in [-0.39, 0.29) is 6.61 Å². The first-order valence-electron chi connectivity index (χ1n) is 3.53. The Morgan fingerprint density at radius 3 is 3.00 bits per heavy atom. The number of nitrogens with one attached hydrogen (secondary N) is 1. The Kier molecular flexibility index (Phi) is 3.54. The molecule has 1 aromatic rings. The van der Waals surface area contributed by atoms with Gasteiger partial charge in [0, 0.05) is 5.02 Å². The third kappa shape index (κ3) is 3.31. The summed E-state index contributed by atoms with van der Waals surface area (Å²) >= 11 is 5.66. The fraction of sp³-hybridized carbons (Fsp3) is 0.125. The summed E-state index contributed by atoms with van der Waals surface area (Å²) in [6.45, 7) is -0.239. The number of hydrogen-bond acceptors (Lipinski definition) is 3. The van der Waals surface area contributed by atoms with Crippen LogP contribution in [0.2, 0.25) is 5.02 Å². The van der Waals surface area contributed by atoms with Crippen molar-refractivity contribution < 1.29 is 14.7 Å². The second-order valence-electron chi connectivity index (χ2n) is 2.28. The van der Waals surface area contributed by atoms with Gasteiger partial charge >= 0.3 is 0 Å². The van der Waals surface area contributed by atoms with Crippen molar-refractivity contribution in [1.82, 2.24) is 5.48 Å². The van der Waals surface area contributed by atoms with Gasteiger partial charge in [-0.15, -0.1) is 0 Å². The van der Waals surface area contributed by atoms with Crippen molar-refractivity contribution in [3.63, 3.8) is 0 Å². The molecule has 1 aromatic carbocycles. The molecule has 1 amide bonds. The van der Waals surface area contributed by atoms with E-state index in [2.05, 4.69) is 0 Å². The van der Waals surface area contributed by atoms with Crippen LogP contribution in [0, 0.1) is 0 Å². The molecule has 2 N–H and O–H groups in total. The molecule has 0 aromatic heterocycles. The minimum absolute atomic E-state index is 0.239. The van der Waals surface area contributed by atoms with E-state index in [1.807, 2.05) is 0 Å². The molecular weight excluding hydrogens is 194 g/mol. The standard InChI is InChI=1S/C8H8ClNO3/c9-6-2-1-3-7(4-6)13-5-8(11)10-12/h1-4,12H,5H2,(H,10,11). The molecule has 0 saturated carbocycles. The number of hydroxylamine groups is 1. The van der Waals surface area contributed by atoms with Crippen molar-refractivity contribution in [3.8, 4) is 5.75 Å².